The molecule has 1 fully saturated rings. The van der Waals surface area contributed by atoms with E-state index in [0.29, 0.717) is 6.42 Å². The van der Waals surface area contributed by atoms with Crippen molar-refractivity contribution >= 4 is 16.1 Å². The molecule has 2 atom stereocenters. The molecule has 1 aromatic carbocycles. The average Bonchev–Trinajstić information content (AvgIpc) is 2.32. The SMILES string of the molecule is Cc1ccc(S(=O)(=O)O)c(OC(C(=O)OC(C)(C)C)C2CCN2)c1. The minimum Gasteiger partial charge on any atom is -0.476 e. The van der Waals surface area contributed by atoms with Crippen molar-refractivity contribution in [3.8, 4) is 5.75 Å². The minimum absolute atomic E-state index is 0.0675. The number of rotatable bonds is 5. The molecule has 2 unspecified atom stereocenters. The van der Waals surface area contributed by atoms with Crippen molar-refractivity contribution < 1.29 is 27.2 Å². The van der Waals surface area contributed by atoms with Crippen LogP contribution in [0.4, 0.5) is 0 Å². The van der Waals surface area contributed by atoms with Crippen molar-refractivity contribution in [2.45, 2.75) is 56.8 Å². The van der Waals surface area contributed by atoms with Crippen LogP contribution in [-0.2, 0) is 19.6 Å². The van der Waals surface area contributed by atoms with Crippen LogP contribution in [-0.4, -0.2) is 43.2 Å². The van der Waals surface area contributed by atoms with Gasteiger partial charge in [0.05, 0.1) is 6.04 Å². The standard InChI is InChI=1S/C16H23NO6S/c1-10-5-6-13(24(19,20)21)12(9-10)22-14(11-7-8-17-11)15(18)23-16(2,3)4/h5-6,9,11,14,17H,7-8H2,1-4H3,(H,19,20,21). The number of nitrogens with one attached hydrogen (secondary N) is 1. The number of ether oxygens (including phenoxy) is 2. The summed E-state index contributed by atoms with van der Waals surface area (Å²) >= 11 is 0. The van der Waals surface area contributed by atoms with E-state index in [2.05, 4.69) is 5.32 Å². The van der Waals surface area contributed by atoms with Gasteiger partial charge in [-0.1, -0.05) is 6.07 Å². The van der Waals surface area contributed by atoms with Gasteiger partial charge in [0.1, 0.15) is 16.2 Å². The highest BCUT2D eigenvalue weighted by atomic mass is 32.2. The molecule has 0 aliphatic carbocycles. The van der Waals surface area contributed by atoms with E-state index >= 15 is 0 Å². The molecular weight excluding hydrogens is 334 g/mol. The molecule has 7 nitrogen and oxygen atoms in total. The lowest BCUT2D eigenvalue weighted by Gasteiger charge is -2.35. The molecule has 24 heavy (non-hydrogen) atoms. The summed E-state index contributed by atoms with van der Waals surface area (Å²) in [4.78, 5) is 12.1. The molecule has 8 heteroatoms. The molecule has 1 aliphatic rings. The molecule has 0 aromatic heterocycles. The first kappa shape index (κ1) is 18.7. The normalized spacial score (nSPS) is 19.3. The Morgan fingerprint density at radius 3 is 2.46 bits per heavy atom. The van der Waals surface area contributed by atoms with Gasteiger partial charge in [0.15, 0.2) is 0 Å². The molecule has 0 saturated carbocycles. The summed E-state index contributed by atoms with van der Waals surface area (Å²) in [5.41, 5.74) is 0.0444. The fraction of sp³-hybridized carbons (Fsp3) is 0.562. The summed E-state index contributed by atoms with van der Waals surface area (Å²) < 4.78 is 43.5. The lowest BCUT2D eigenvalue weighted by atomic mass is 10.0. The van der Waals surface area contributed by atoms with Gasteiger partial charge in [0, 0.05) is 0 Å². The van der Waals surface area contributed by atoms with E-state index in [1.54, 1.807) is 33.8 Å². The quantitative estimate of drug-likeness (QED) is 0.611. The molecule has 1 saturated heterocycles. The zero-order valence-corrected chi connectivity index (χ0v) is 15.0. The van der Waals surface area contributed by atoms with E-state index in [9.17, 15) is 17.8 Å². The van der Waals surface area contributed by atoms with E-state index in [1.807, 2.05) is 0 Å². The second kappa shape index (κ2) is 6.70. The molecule has 1 heterocycles. The summed E-state index contributed by atoms with van der Waals surface area (Å²) in [6.07, 6.45) is -0.294. The van der Waals surface area contributed by atoms with Gasteiger partial charge in [-0.05, 0) is 58.4 Å². The van der Waals surface area contributed by atoms with Crippen LogP contribution in [0.25, 0.3) is 0 Å². The maximum absolute atomic E-state index is 12.4. The van der Waals surface area contributed by atoms with E-state index in [4.69, 9.17) is 9.47 Å². The van der Waals surface area contributed by atoms with Gasteiger partial charge in [-0.3, -0.25) is 4.55 Å². The molecule has 0 spiro atoms. The fourth-order valence-electron chi connectivity index (χ4n) is 2.28. The largest absolute Gasteiger partial charge is 0.476 e. The van der Waals surface area contributed by atoms with Crippen molar-refractivity contribution in [3.05, 3.63) is 23.8 Å². The number of benzene rings is 1. The third kappa shape index (κ3) is 4.68. The monoisotopic (exact) mass is 357 g/mol. The number of carbonyl (C=O) groups excluding carboxylic acids is 1. The maximum Gasteiger partial charge on any atom is 0.349 e. The first-order valence-electron chi connectivity index (χ1n) is 7.68. The van der Waals surface area contributed by atoms with Crippen LogP contribution in [0.5, 0.6) is 5.75 Å². The molecule has 0 amide bonds. The third-order valence-electron chi connectivity index (χ3n) is 3.50. The van der Waals surface area contributed by atoms with Gasteiger partial charge < -0.3 is 14.8 Å². The Kier molecular flexibility index (Phi) is 5.22. The van der Waals surface area contributed by atoms with E-state index in [-0.39, 0.29) is 16.7 Å². The summed E-state index contributed by atoms with van der Waals surface area (Å²) in [6.45, 7) is 7.72. The minimum atomic E-state index is -4.47. The topological polar surface area (TPSA) is 102 Å². The van der Waals surface area contributed by atoms with E-state index in [1.165, 1.54) is 12.1 Å². The Bertz CT molecular complexity index is 719. The second-order valence-corrected chi connectivity index (χ2v) is 8.24. The Morgan fingerprint density at radius 1 is 1.38 bits per heavy atom. The van der Waals surface area contributed by atoms with Crippen molar-refractivity contribution in [1.82, 2.24) is 5.32 Å². The summed E-state index contributed by atoms with van der Waals surface area (Å²) in [7, 11) is -4.47. The molecule has 0 bridgehead atoms. The Labute approximate surface area is 142 Å². The molecule has 134 valence electrons. The first-order chi connectivity index (χ1) is 11.0. The van der Waals surface area contributed by atoms with Crippen molar-refractivity contribution in [1.29, 1.82) is 0 Å². The number of esters is 1. The predicted molar refractivity (Wildman–Crippen MR) is 87.7 cm³/mol. The summed E-state index contributed by atoms with van der Waals surface area (Å²) in [5, 5.41) is 3.07. The van der Waals surface area contributed by atoms with Crippen molar-refractivity contribution in [2.75, 3.05) is 6.54 Å². The van der Waals surface area contributed by atoms with Crippen molar-refractivity contribution in [3.63, 3.8) is 0 Å². The zero-order chi connectivity index (χ0) is 18.1. The molecule has 1 aromatic rings. The molecular formula is C16H23NO6S. The lowest BCUT2D eigenvalue weighted by molar-refractivity contribution is -0.166. The number of carbonyl (C=O) groups is 1. The van der Waals surface area contributed by atoms with Gasteiger partial charge in [-0.15, -0.1) is 0 Å². The van der Waals surface area contributed by atoms with Gasteiger partial charge in [-0.2, -0.15) is 8.42 Å². The summed E-state index contributed by atoms with van der Waals surface area (Å²) in [5.74, 6) is -0.649. The van der Waals surface area contributed by atoms with Crippen LogP contribution in [0.2, 0.25) is 0 Å². The number of aryl methyl sites for hydroxylation is 1. The van der Waals surface area contributed by atoms with E-state index < -0.39 is 27.8 Å². The van der Waals surface area contributed by atoms with Gasteiger partial charge in [0.25, 0.3) is 10.1 Å². The van der Waals surface area contributed by atoms with Crippen LogP contribution < -0.4 is 10.1 Å². The van der Waals surface area contributed by atoms with Gasteiger partial charge in [0.2, 0.25) is 6.10 Å². The van der Waals surface area contributed by atoms with Crippen molar-refractivity contribution in [2.24, 2.45) is 0 Å². The second-order valence-electron chi connectivity index (χ2n) is 6.85. The number of hydrogen-bond donors (Lipinski definition) is 2. The Balaban J connectivity index is 2.33. The molecule has 2 rings (SSSR count). The van der Waals surface area contributed by atoms with Crippen LogP contribution in [0, 0.1) is 6.92 Å². The highest BCUT2D eigenvalue weighted by Crippen LogP contribution is 2.28. The van der Waals surface area contributed by atoms with Crippen LogP contribution >= 0.6 is 0 Å². The highest BCUT2D eigenvalue weighted by molar-refractivity contribution is 7.86. The molecule has 1 aliphatic heterocycles. The fourth-order valence-corrected chi connectivity index (χ4v) is 2.88. The summed E-state index contributed by atoms with van der Waals surface area (Å²) in [6, 6.07) is 3.99. The predicted octanol–water partition coefficient (Wildman–Crippen LogP) is 1.69. The first-order valence-corrected chi connectivity index (χ1v) is 9.12. The smallest absolute Gasteiger partial charge is 0.349 e. The third-order valence-corrected chi connectivity index (χ3v) is 4.39. The molecule has 2 N–H and O–H groups in total. The zero-order valence-electron chi connectivity index (χ0n) is 14.2. The highest BCUT2D eigenvalue weighted by Gasteiger charge is 2.38. The number of hydrogen-bond acceptors (Lipinski definition) is 6. The molecule has 0 radical (unpaired) electrons. The lowest BCUT2D eigenvalue weighted by Crippen LogP contribution is -2.57. The Morgan fingerprint density at radius 2 is 2.00 bits per heavy atom. The Hall–Kier alpha value is -1.64. The van der Waals surface area contributed by atoms with Crippen LogP contribution in [0.3, 0.4) is 0 Å². The van der Waals surface area contributed by atoms with Crippen LogP contribution in [0.15, 0.2) is 23.1 Å². The maximum atomic E-state index is 12.4. The van der Waals surface area contributed by atoms with Gasteiger partial charge in [-0.25, -0.2) is 4.79 Å². The van der Waals surface area contributed by atoms with Crippen LogP contribution in [0.1, 0.15) is 32.8 Å². The average molecular weight is 357 g/mol. The van der Waals surface area contributed by atoms with E-state index in [0.717, 1.165) is 12.1 Å². The van der Waals surface area contributed by atoms with Gasteiger partial charge >= 0.3 is 5.97 Å².